The van der Waals surface area contributed by atoms with Crippen LogP contribution in [-0.2, 0) is 26.0 Å². The number of likely N-dealkylation sites (N-methyl/N-ethyl adjacent to an activating group) is 1. The summed E-state index contributed by atoms with van der Waals surface area (Å²) in [5.41, 5.74) is 1.57. The number of hydrogen-bond acceptors (Lipinski definition) is 5. The van der Waals surface area contributed by atoms with Crippen LogP contribution in [0.15, 0.2) is 47.4 Å². The molecule has 1 saturated carbocycles. The molecule has 2 aliphatic rings. The normalized spacial score (nSPS) is 16.4. The van der Waals surface area contributed by atoms with E-state index in [9.17, 15) is 18.0 Å². The van der Waals surface area contributed by atoms with Gasteiger partial charge in [-0.1, -0.05) is 49.1 Å². The second-order valence-corrected chi connectivity index (χ2v) is 10.7. The molecule has 0 bridgehead atoms. The molecule has 176 valence electrons. The topological polar surface area (TPSA) is 84.0 Å². The van der Waals surface area contributed by atoms with Gasteiger partial charge in [-0.25, -0.2) is 13.2 Å². The van der Waals surface area contributed by atoms with Gasteiger partial charge in [-0.15, -0.1) is 0 Å². The first-order valence-electron chi connectivity index (χ1n) is 11.1. The summed E-state index contributed by atoms with van der Waals surface area (Å²) in [5, 5.41) is 0.0176. The highest BCUT2D eigenvalue weighted by molar-refractivity contribution is 7.93. The zero-order valence-corrected chi connectivity index (χ0v) is 20.1. The van der Waals surface area contributed by atoms with Crippen molar-refractivity contribution in [2.75, 3.05) is 24.5 Å². The molecular weight excluding hydrogens is 464 g/mol. The quantitative estimate of drug-likeness (QED) is 0.570. The summed E-state index contributed by atoms with van der Waals surface area (Å²) in [4.78, 5) is 26.6. The Morgan fingerprint density at radius 1 is 1.12 bits per heavy atom. The van der Waals surface area contributed by atoms with Gasteiger partial charge in [0.1, 0.15) is 4.90 Å². The highest BCUT2D eigenvalue weighted by Gasteiger charge is 2.33. The van der Waals surface area contributed by atoms with E-state index in [0.717, 1.165) is 31.2 Å². The number of amides is 1. The van der Waals surface area contributed by atoms with Crippen LogP contribution in [0.1, 0.15) is 48.0 Å². The molecule has 0 atom stereocenters. The van der Waals surface area contributed by atoms with Crippen molar-refractivity contribution in [1.82, 2.24) is 4.90 Å². The van der Waals surface area contributed by atoms with Gasteiger partial charge in [0.25, 0.3) is 15.9 Å². The number of halogens is 1. The van der Waals surface area contributed by atoms with Crippen LogP contribution < -0.4 is 4.31 Å². The summed E-state index contributed by atoms with van der Waals surface area (Å²) in [5.74, 6) is -1.04. The molecule has 0 saturated heterocycles. The number of sulfonamides is 1. The number of rotatable bonds is 6. The molecule has 33 heavy (non-hydrogen) atoms. The Hall–Kier alpha value is -2.58. The van der Waals surface area contributed by atoms with Gasteiger partial charge in [0.05, 0.1) is 16.3 Å². The second-order valence-electron chi connectivity index (χ2n) is 8.47. The summed E-state index contributed by atoms with van der Waals surface area (Å²) >= 11 is 6.23. The van der Waals surface area contributed by atoms with Gasteiger partial charge in [-0.2, -0.15) is 0 Å². The van der Waals surface area contributed by atoms with E-state index in [2.05, 4.69) is 0 Å². The third kappa shape index (κ3) is 4.87. The van der Waals surface area contributed by atoms with Gasteiger partial charge in [0.2, 0.25) is 0 Å². The minimum absolute atomic E-state index is 0.0176. The Balaban J connectivity index is 1.48. The summed E-state index contributed by atoms with van der Waals surface area (Å²) in [7, 11) is -2.25. The van der Waals surface area contributed by atoms with Crippen LogP contribution in [0, 0.1) is 0 Å². The molecule has 1 aliphatic carbocycles. The fraction of sp³-hybridized carbons (Fsp3) is 0.417. The lowest BCUT2D eigenvalue weighted by atomic mass is 9.94. The molecule has 1 amide bonds. The maximum atomic E-state index is 13.4. The van der Waals surface area contributed by atoms with E-state index in [-0.39, 0.29) is 27.4 Å². The molecule has 0 aromatic heterocycles. The summed E-state index contributed by atoms with van der Waals surface area (Å²) in [6.45, 7) is -0.0925. The van der Waals surface area contributed by atoms with E-state index in [1.54, 1.807) is 24.1 Å². The van der Waals surface area contributed by atoms with Crippen LogP contribution in [-0.4, -0.2) is 51.4 Å². The minimum Gasteiger partial charge on any atom is -0.452 e. The van der Waals surface area contributed by atoms with Crippen molar-refractivity contribution in [3.8, 4) is 0 Å². The molecule has 2 aromatic rings. The molecule has 4 rings (SSSR count). The van der Waals surface area contributed by atoms with Crippen LogP contribution in [0.25, 0.3) is 0 Å². The third-order valence-electron chi connectivity index (χ3n) is 6.42. The van der Waals surface area contributed by atoms with Gasteiger partial charge >= 0.3 is 5.97 Å². The fourth-order valence-electron chi connectivity index (χ4n) is 4.49. The van der Waals surface area contributed by atoms with Crippen molar-refractivity contribution in [1.29, 1.82) is 0 Å². The molecule has 1 heterocycles. The molecule has 7 nitrogen and oxygen atoms in total. The molecule has 0 unspecified atom stereocenters. The first-order chi connectivity index (χ1) is 15.8. The molecule has 0 spiro atoms. The van der Waals surface area contributed by atoms with Crippen molar-refractivity contribution >= 4 is 39.2 Å². The lowest BCUT2D eigenvalue weighted by Crippen LogP contribution is -2.40. The SMILES string of the molecule is CN(C(=O)COC(=O)c1ccc(Cl)c(S(=O)(=O)N2CCc3ccccc32)c1)C1CCCCC1. The van der Waals surface area contributed by atoms with Crippen LogP contribution in [0.2, 0.25) is 5.02 Å². The Morgan fingerprint density at radius 2 is 1.85 bits per heavy atom. The first-order valence-corrected chi connectivity index (χ1v) is 12.9. The van der Waals surface area contributed by atoms with Gasteiger partial charge < -0.3 is 9.64 Å². The summed E-state index contributed by atoms with van der Waals surface area (Å²) in [6, 6.07) is 11.4. The number of ether oxygens (including phenoxy) is 1. The van der Waals surface area contributed by atoms with Crippen molar-refractivity contribution in [2.24, 2.45) is 0 Å². The van der Waals surface area contributed by atoms with E-state index >= 15 is 0 Å². The van der Waals surface area contributed by atoms with Gasteiger partial charge in [0, 0.05) is 19.6 Å². The van der Waals surface area contributed by atoms with Gasteiger partial charge in [-0.3, -0.25) is 9.10 Å². The number of carbonyl (C=O) groups excluding carboxylic acids is 2. The number of nitrogens with zero attached hydrogens (tertiary/aromatic N) is 2. The van der Waals surface area contributed by atoms with Crippen molar-refractivity contribution in [2.45, 2.75) is 49.5 Å². The van der Waals surface area contributed by atoms with Crippen LogP contribution >= 0.6 is 11.6 Å². The van der Waals surface area contributed by atoms with E-state index < -0.39 is 22.6 Å². The Morgan fingerprint density at radius 3 is 2.61 bits per heavy atom. The molecule has 9 heteroatoms. The average Bonchev–Trinajstić information content (AvgIpc) is 3.27. The zero-order valence-electron chi connectivity index (χ0n) is 18.5. The molecule has 0 N–H and O–H groups in total. The number of para-hydroxylation sites is 1. The monoisotopic (exact) mass is 490 g/mol. The smallest absolute Gasteiger partial charge is 0.338 e. The fourth-order valence-corrected chi connectivity index (χ4v) is 6.50. The highest BCUT2D eigenvalue weighted by Crippen LogP contribution is 2.35. The van der Waals surface area contributed by atoms with Gasteiger partial charge in [0.15, 0.2) is 6.61 Å². The molecule has 2 aromatic carbocycles. The van der Waals surface area contributed by atoms with Crippen LogP contribution in [0.5, 0.6) is 0 Å². The Bertz CT molecular complexity index is 1160. The Labute approximate surface area is 199 Å². The number of carbonyl (C=O) groups is 2. The van der Waals surface area contributed by atoms with Crippen molar-refractivity contribution < 1.29 is 22.7 Å². The Kier molecular flexibility index (Phi) is 6.95. The van der Waals surface area contributed by atoms with Crippen molar-refractivity contribution in [3.63, 3.8) is 0 Å². The summed E-state index contributed by atoms with van der Waals surface area (Å²) < 4.78 is 33.2. The lowest BCUT2D eigenvalue weighted by Gasteiger charge is -2.31. The predicted octanol–water partition coefficient (Wildman–Crippen LogP) is 4.04. The molecule has 0 radical (unpaired) electrons. The number of anilines is 1. The maximum absolute atomic E-state index is 13.4. The van der Waals surface area contributed by atoms with Crippen LogP contribution in [0.3, 0.4) is 0 Å². The molecule has 1 fully saturated rings. The van der Waals surface area contributed by atoms with E-state index in [1.807, 2.05) is 12.1 Å². The average molecular weight is 491 g/mol. The first kappa shape index (κ1) is 23.6. The maximum Gasteiger partial charge on any atom is 0.338 e. The van der Waals surface area contributed by atoms with E-state index in [1.165, 1.54) is 28.9 Å². The number of fused-ring (bicyclic) bond motifs is 1. The minimum atomic E-state index is -3.98. The number of esters is 1. The van der Waals surface area contributed by atoms with E-state index in [0.29, 0.717) is 18.7 Å². The lowest BCUT2D eigenvalue weighted by molar-refractivity contribution is -0.135. The summed E-state index contributed by atoms with van der Waals surface area (Å²) in [6.07, 6.45) is 5.86. The van der Waals surface area contributed by atoms with E-state index in [4.69, 9.17) is 16.3 Å². The number of benzene rings is 2. The standard InChI is InChI=1S/C24H27ClN2O5S/c1-26(19-8-3-2-4-9-19)23(28)16-32-24(29)18-11-12-20(25)22(15-18)33(30,31)27-14-13-17-7-5-6-10-21(17)27/h5-7,10-12,15,19H,2-4,8-9,13-14,16H2,1H3. The van der Waals surface area contributed by atoms with Crippen molar-refractivity contribution in [3.05, 3.63) is 58.6 Å². The predicted molar refractivity (Wildman–Crippen MR) is 126 cm³/mol. The largest absolute Gasteiger partial charge is 0.452 e. The molecular formula is C24H27ClN2O5S. The third-order valence-corrected chi connectivity index (χ3v) is 8.72. The van der Waals surface area contributed by atoms with Gasteiger partial charge in [-0.05, 0) is 49.1 Å². The van der Waals surface area contributed by atoms with Crippen LogP contribution in [0.4, 0.5) is 5.69 Å². The zero-order chi connectivity index (χ0) is 23.6. The number of hydrogen-bond donors (Lipinski definition) is 0. The second kappa shape index (κ2) is 9.73. The molecule has 1 aliphatic heterocycles. The highest BCUT2D eigenvalue weighted by atomic mass is 35.5.